The van der Waals surface area contributed by atoms with Crippen LogP contribution in [0.15, 0.2) is 12.4 Å². The Bertz CT molecular complexity index is 332. The number of rotatable bonds is 8. The molecule has 3 N–H and O–H groups in total. The Morgan fingerprint density at radius 2 is 2.06 bits per heavy atom. The van der Waals surface area contributed by atoms with Gasteiger partial charge in [0.25, 0.3) is 0 Å². The highest BCUT2D eigenvalue weighted by Crippen LogP contribution is 2.15. The molecule has 0 bridgehead atoms. The fraction of sp³-hybridized carbons (Fsp3) is 0.714. The summed E-state index contributed by atoms with van der Waals surface area (Å²) >= 11 is 0. The van der Waals surface area contributed by atoms with Crippen LogP contribution >= 0.6 is 0 Å². The maximum Gasteiger partial charge on any atom is 0.129 e. The lowest BCUT2D eigenvalue weighted by molar-refractivity contribution is 0.473. The molecule has 0 saturated heterocycles. The smallest absolute Gasteiger partial charge is 0.129 e. The van der Waals surface area contributed by atoms with Crippen LogP contribution in [0.4, 0.5) is 5.82 Å². The average molecular weight is 250 g/mol. The molecular formula is C14H26N4. The Hall–Kier alpha value is -1.16. The summed E-state index contributed by atoms with van der Waals surface area (Å²) in [5, 5.41) is 3.40. The third-order valence-electron chi connectivity index (χ3n) is 3.12. The van der Waals surface area contributed by atoms with E-state index < -0.39 is 0 Å². The highest BCUT2D eigenvalue weighted by molar-refractivity contribution is 5.35. The van der Waals surface area contributed by atoms with Crippen molar-refractivity contribution in [2.45, 2.75) is 46.0 Å². The van der Waals surface area contributed by atoms with E-state index >= 15 is 0 Å². The lowest BCUT2D eigenvalue weighted by atomic mass is 10.00. The molecule has 0 aliphatic heterocycles. The van der Waals surface area contributed by atoms with Crippen LogP contribution in [0.2, 0.25) is 0 Å². The Labute approximate surface area is 110 Å². The molecule has 0 radical (unpaired) electrons. The lowest BCUT2D eigenvalue weighted by Crippen LogP contribution is -2.18. The lowest BCUT2D eigenvalue weighted by Gasteiger charge is -2.16. The summed E-state index contributed by atoms with van der Waals surface area (Å²) in [7, 11) is 0. The standard InChI is InChI=1S/C14H26N4/c1-4-5-12(6-7-15)9-16-14-8-13(11(2)3)17-10-18-14/h8,10-12H,4-7,9,15H2,1-3H3,(H,16,17,18). The zero-order chi connectivity index (χ0) is 13.4. The van der Waals surface area contributed by atoms with Crippen molar-refractivity contribution in [3.8, 4) is 0 Å². The van der Waals surface area contributed by atoms with E-state index in [1.165, 1.54) is 12.8 Å². The number of hydrogen-bond acceptors (Lipinski definition) is 4. The van der Waals surface area contributed by atoms with Crippen LogP contribution in [-0.2, 0) is 0 Å². The van der Waals surface area contributed by atoms with Crippen LogP contribution in [0, 0.1) is 5.92 Å². The molecule has 1 rings (SSSR count). The molecule has 1 aromatic rings. The Balaban J connectivity index is 2.53. The second kappa shape index (κ2) is 8.03. The molecule has 1 atom stereocenters. The van der Waals surface area contributed by atoms with E-state index in [-0.39, 0.29) is 0 Å². The van der Waals surface area contributed by atoms with Gasteiger partial charge in [0.05, 0.1) is 0 Å². The molecule has 4 nitrogen and oxygen atoms in total. The zero-order valence-corrected chi connectivity index (χ0v) is 11.8. The summed E-state index contributed by atoms with van der Waals surface area (Å²) in [6, 6.07) is 2.04. The van der Waals surface area contributed by atoms with Crippen LogP contribution < -0.4 is 11.1 Å². The van der Waals surface area contributed by atoms with E-state index in [0.29, 0.717) is 11.8 Å². The van der Waals surface area contributed by atoms with Crippen molar-refractivity contribution in [3.05, 3.63) is 18.1 Å². The first-order valence-corrected chi connectivity index (χ1v) is 6.93. The molecule has 1 aromatic heterocycles. The van der Waals surface area contributed by atoms with Crippen LogP contribution in [0.1, 0.15) is 51.6 Å². The first-order chi connectivity index (χ1) is 8.67. The fourth-order valence-electron chi connectivity index (χ4n) is 2.03. The first kappa shape index (κ1) is 14.9. The molecule has 0 aromatic carbocycles. The van der Waals surface area contributed by atoms with Crippen molar-refractivity contribution in [3.63, 3.8) is 0 Å². The van der Waals surface area contributed by atoms with Crippen LogP contribution in [0.3, 0.4) is 0 Å². The second-order valence-corrected chi connectivity index (χ2v) is 5.10. The van der Waals surface area contributed by atoms with Gasteiger partial charge in [-0.1, -0.05) is 27.2 Å². The van der Waals surface area contributed by atoms with E-state index in [1.54, 1.807) is 6.33 Å². The normalized spacial score (nSPS) is 12.7. The molecule has 1 unspecified atom stereocenters. The monoisotopic (exact) mass is 250 g/mol. The predicted octanol–water partition coefficient (Wildman–Crippen LogP) is 2.78. The molecule has 0 amide bonds. The molecule has 1 heterocycles. The van der Waals surface area contributed by atoms with Crippen LogP contribution in [-0.4, -0.2) is 23.1 Å². The van der Waals surface area contributed by atoms with Crippen molar-refractivity contribution >= 4 is 5.82 Å². The molecular weight excluding hydrogens is 224 g/mol. The van der Waals surface area contributed by atoms with E-state index in [4.69, 9.17) is 5.73 Å². The van der Waals surface area contributed by atoms with Crippen molar-refractivity contribution in [1.82, 2.24) is 9.97 Å². The first-order valence-electron chi connectivity index (χ1n) is 6.93. The average Bonchev–Trinajstić information content (AvgIpc) is 2.37. The Morgan fingerprint density at radius 1 is 1.28 bits per heavy atom. The van der Waals surface area contributed by atoms with Crippen LogP contribution in [0.25, 0.3) is 0 Å². The second-order valence-electron chi connectivity index (χ2n) is 5.10. The molecule has 0 aliphatic rings. The Morgan fingerprint density at radius 3 is 2.67 bits per heavy atom. The van der Waals surface area contributed by atoms with Gasteiger partial charge in [-0.3, -0.25) is 0 Å². The van der Waals surface area contributed by atoms with Crippen molar-refractivity contribution < 1.29 is 0 Å². The summed E-state index contributed by atoms with van der Waals surface area (Å²) in [5.74, 6) is 1.99. The molecule has 18 heavy (non-hydrogen) atoms. The summed E-state index contributed by atoms with van der Waals surface area (Å²) in [6.07, 6.45) is 5.12. The number of anilines is 1. The molecule has 0 spiro atoms. The van der Waals surface area contributed by atoms with Gasteiger partial charge in [0.15, 0.2) is 0 Å². The van der Waals surface area contributed by atoms with Gasteiger partial charge >= 0.3 is 0 Å². The topological polar surface area (TPSA) is 63.8 Å². The van der Waals surface area contributed by atoms with Crippen molar-refractivity contribution in [1.29, 1.82) is 0 Å². The van der Waals surface area contributed by atoms with Gasteiger partial charge < -0.3 is 11.1 Å². The molecule has 0 aliphatic carbocycles. The summed E-state index contributed by atoms with van der Waals surface area (Å²) in [6.45, 7) is 8.19. The number of aromatic nitrogens is 2. The van der Waals surface area contributed by atoms with Gasteiger partial charge in [-0.15, -0.1) is 0 Å². The molecule has 0 saturated carbocycles. The minimum Gasteiger partial charge on any atom is -0.370 e. The number of nitrogens with one attached hydrogen (secondary N) is 1. The number of nitrogens with zero attached hydrogens (tertiary/aromatic N) is 2. The van der Waals surface area contributed by atoms with Gasteiger partial charge in [0.2, 0.25) is 0 Å². The van der Waals surface area contributed by atoms with E-state index in [1.807, 2.05) is 6.07 Å². The van der Waals surface area contributed by atoms with E-state index in [0.717, 1.165) is 31.0 Å². The van der Waals surface area contributed by atoms with Gasteiger partial charge in [-0.2, -0.15) is 0 Å². The SMILES string of the molecule is CCCC(CCN)CNc1cc(C(C)C)ncn1. The van der Waals surface area contributed by atoms with Gasteiger partial charge in [-0.25, -0.2) is 9.97 Å². The largest absolute Gasteiger partial charge is 0.370 e. The predicted molar refractivity (Wildman–Crippen MR) is 76.7 cm³/mol. The van der Waals surface area contributed by atoms with Crippen molar-refractivity contribution in [2.24, 2.45) is 11.7 Å². The maximum absolute atomic E-state index is 5.64. The van der Waals surface area contributed by atoms with Gasteiger partial charge in [-0.05, 0) is 31.2 Å². The molecule has 4 heteroatoms. The van der Waals surface area contributed by atoms with E-state index in [9.17, 15) is 0 Å². The number of hydrogen-bond donors (Lipinski definition) is 2. The third-order valence-corrected chi connectivity index (χ3v) is 3.12. The minimum absolute atomic E-state index is 0.434. The summed E-state index contributed by atoms with van der Waals surface area (Å²) in [4.78, 5) is 8.53. The third kappa shape index (κ3) is 5.00. The minimum atomic E-state index is 0.434. The fourth-order valence-corrected chi connectivity index (χ4v) is 2.03. The summed E-state index contributed by atoms with van der Waals surface area (Å²) in [5.41, 5.74) is 6.72. The Kier molecular flexibility index (Phi) is 6.65. The van der Waals surface area contributed by atoms with E-state index in [2.05, 4.69) is 36.1 Å². The zero-order valence-electron chi connectivity index (χ0n) is 11.8. The molecule has 102 valence electrons. The van der Waals surface area contributed by atoms with Crippen LogP contribution in [0.5, 0.6) is 0 Å². The highest BCUT2D eigenvalue weighted by atomic mass is 15.0. The van der Waals surface area contributed by atoms with Gasteiger partial charge in [0.1, 0.15) is 12.1 Å². The molecule has 0 fully saturated rings. The quantitative estimate of drug-likeness (QED) is 0.744. The number of nitrogens with two attached hydrogens (primary N) is 1. The highest BCUT2D eigenvalue weighted by Gasteiger charge is 2.08. The summed E-state index contributed by atoms with van der Waals surface area (Å²) < 4.78 is 0. The van der Waals surface area contributed by atoms with Crippen molar-refractivity contribution in [2.75, 3.05) is 18.4 Å². The maximum atomic E-state index is 5.64. The van der Waals surface area contributed by atoms with Gasteiger partial charge in [0, 0.05) is 18.3 Å².